The highest BCUT2D eigenvalue weighted by Gasteiger charge is 2.28. The first-order chi connectivity index (χ1) is 14.6. The van der Waals surface area contributed by atoms with Crippen molar-refractivity contribution in [3.63, 3.8) is 0 Å². The monoisotopic (exact) mass is 406 g/mol. The summed E-state index contributed by atoms with van der Waals surface area (Å²) in [5.74, 6) is 0.365. The molecule has 1 aliphatic rings. The molecule has 0 bridgehead atoms. The predicted molar refractivity (Wildman–Crippen MR) is 108 cm³/mol. The number of nitriles is 1. The number of para-hydroxylation sites is 1. The fourth-order valence-electron chi connectivity index (χ4n) is 3.45. The average Bonchev–Trinajstić information content (AvgIpc) is 3.23. The summed E-state index contributed by atoms with van der Waals surface area (Å²) >= 11 is 0. The largest absolute Gasteiger partial charge is 0.496 e. The predicted octanol–water partition coefficient (Wildman–Crippen LogP) is 3.32. The Bertz CT molecular complexity index is 1110. The number of anilines is 1. The highest BCUT2D eigenvalue weighted by atomic mass is 19.1. The first kappa shape index (κ1) is 19.5. The zero-order chi connectivity index (χ0) is 21.1. The van der Waals surface area contributed by atoms with Crippen molar-refractivity contribution in [2.24, 2.45) is 0 Å². The highest BCUT2D eigenvalue weighted by Crippen LogP contribution is 2.33. The molecule has 30 heavy (non-hydrogen) atoms. The Kier molecular flexibility index (Phi) is 5.35. The fourth-order valence-corrected chi connectivity index (χ4v) is 3.45. The van der Waals surface area contributed by atoms with Gasteiger partial charge in [0.2, 0.25) is 17.5 Å². The quantitative estimate of drug-likeness (QED) is 0.661. The van der Waals surface area contributed by atoms with E-state index in [9.17, 15) is 14.4 Å². The van der Waals surface area contributed by atoms with E-state index in [1.165, 1.54) is 12.1 Å². The zero-order valence-corrected chi connectivity index (χ0v) is 16.3. The molecular formula is C22H19FN4O3. The van der Waals surface area contributed by atoms with Crippen LogP contribution in [0.15, 0.2) is 52.9 Å². The first-order valence-electron chi connectivity index (χ1n) is 9.45. The molecule has 2 heterocycles. The number of hydrogen-bond donors (Lipinski definition) is 0. The Morgan fingerprint density at radius 2 is 1.83 bits per heavy atom. The number of ether oxygens (including phenoxy) is 1. The van der Waals surface area contributed by atoms with Gasteiger partial charge >= 0.3 is 0 Å². The molecule has 4 rings (SSSR count). The number of amides is 1. The van der Waals surface area contributed by atoms with Gasteiger partial charge in [-0.3, -0.25) is 4.79 Å². The average molecular weight is 406 g/mol. The van der Waals surface area contributed by atoms with Crippen LogP contribution in [-0.4, -0.2) is 49.1 Å². The molecule has 0 unspecified atom stereocenters. The molecule has 1 aromatic heterocycles. The van der Waals surface area contributed by atoms with Crippen molar-refractivity contribution in [1.82, 2.24) is 9.88 Å². The fraction of sp³-hybridized carbons (Fsp3) is 0.227. The van der Waals surface area contributed by atoms with Gasteiger partial charge in [0.05, 0.1) is 18.2 Å². The molecule has 0 saturated carbocycles. The lowest BCUT2D eigenvalue weighted by Gasteiger charge is -2.34. The number of carbonyl (C=O) groups excluding carboxylic acids is 1. The summed E-state index contributed by atoms with van der Waals surface area (Å²) in [5, 5.41) is 9.52. The summed E-state index contributed by atoms with van der Waals surface area (Å²) in [6.07, 6.45) is 0. The van der Waals surface area contributed by atoms with Gasteiger partial charge in [-0.15, -0.1) is 0 Å². The smallest absolute Gasteiger partial charge is 0.256 e. The van der Waals surface area contributed by atoms with E-state index < -0.39 is 5.82 Å². The van der Waals surface area contributed by atoms with E-state index in [-0.39, 0.29) is 17.2 Å². The molecule has 0 spiro atoms. The number of halogens is 1. The molecule has 8 heteroatoms. The third-order valence-corrected chi connectivity index (χ3v) is 5.01. The number of rotatable bonds is 4. The molecule has 7 nitrogen and oxygen atoms in total. The van der Waals surface area contributed by atoms with E-state index in [4.69, 9.17) is 9.15 Å². The van der Waals surface area contributed by atoms with E-state index >= 15 is 0 Å². The van der Waals surface area contributed by atoms with Crippen LogP contribution in [0.5, 0.6) is 5.75 Å². The lowest BCUT2D eigenvalue weighted by Crippen LogP contribution is -2.49. The Labute approximate surface area is 172 Å². The van der Waals surface area contributed by atoms with E-state index in [0.717, 1.165) is 0 Å². The van der Waals surface area contributed by atoms with Crippen molar-refractivity contribution in [3.05, 3.63) is 65.6 Å². The summed E-state index contributed by atoms with van der Waals surface area (Å²) in [7, 11) is 1.56. The first-order valence-corrected chi connectivity index (χ1v) is 9.45. The summed E-state index contributed by atoms with van der Waals surface area (Å²) < 4.78 is 25.2. The van der Waals surface area contributed by atoms with Gasteiger partial charge in [0.25, 0.3) is 5.91 Å². The van der Waals surface area contributed by atoms with Gasteiger partial charge in [0.1, 0.15) is 17.6 Å². The van der Waals surface area contributed by atoms with Gasteiger partial charge in [-0.1, -0.05) is 24.3 Å². The zero-order valence-electron chi connectivity index (χ0n) is 16.3. The normalized spacial score (nSPS) is 13.8. The minimum Gasteiger partial charge on any atom is -0.496 e. The second-order valence-corrected chi connectivity index (χ2v) is 6.74. The lowest BCUT2D eigenvalue weighted by molar-refractivity contribution is 0.0740. The van der Waals surface area contributed by atoms with Crippen LogP contribution in [0.4, 0.5) is 10.3 Å². The van der Waals surface area contributed by atoms with Gasteiger partial charge in [0.15, 0.2) is 0 Å². The Morgan fingerprint density at radius 1 is 1.13 bits per heavy atom. The van der Waals surface area contributed by atoms with Gasteiger partial charge in [0, 0.05) is 26.2 Å². The Hall–Kier alpha value is -3.86. The number of methoxy groups -OCH3 is 1. The number of piperazine rings is 1. The van der Waals surface area contributed by atoms with Crippen LogP contribution in [0.25, 0.3) is 11.5 Å². The van der Waals surface area contributed by atoms with Crippen LogP contribution >= 0.6 is 0 Å². The summed E-state index contributed by atoms with van der Waals surface area (Å²) in [6, 6.07) is 15.3. The highest BCUT2D eigenvalue weighted by molar-refractivity contribution is 5.94. The molecule has 152 valence electrons. The van der Waals surface area contributed by atoms with Gasteiger partial charge in [-0.25, -0.2) is 4.39 Å². The topological polar surface area (TPSA) is 82.6 Å². The van der Waals surface area contributed by atoms with Crippen molar-refractivity contribution < 1.29 is 18.3 Å². The van der Waals surface area contributed by atoms with E-state index in [1.807, 2.05) is 17.0 Å². The molecule has 0 radical (unpaired) electrons. The number of carbonyl (C=O) groups is 1. The molecule has 1 saturated heterocycles. The molecule has 2 aromatic carbocycles. The maximum absolute atomic E-state index is 13.9. The van der Waals surface area contributed by atoms with Crippen LogP contribution in [0.1, 0.15) is 16.1 Å². The minimum absolute atomic E-state index is 0.0572. The van der Waals surface area contributed by atoms with Gasteiger partial charge in [-0.2, -0.15) is 10.2 Å². The van der Waals surface area contributed by atoms with Crippen LogP contribution < -0.4 is 9.64 Å². The van der Waals surface area contributed by atoms with Crippen molar-refractivity contribution in [2.45, 2.75) is 0 Å². The lowest BCUT2D eigenvalue weighted by atomic mass is 10.1. The van der Waals surface area contributed by atoms with Crippen molar-refractivity contribution in [3.8, 4) is 23.3 Å². The number of aromatic nitrogens is 1. The van der Waals surface area contributed by atoms with E-state index in [0.29, 0.717) is 49.3 Å². The molecule has 1 amide bonds. The van der Waals surface area contributed by atoms with Crippen molar-refractivity contribution in [2.75, 3.05) is 38.2 Å². The SMILES string of the molecule is COc1ccccc1-c1nc(C#N)c(N2CCN(C(=O)c3ccccc3F)CC2)o1. The van der Waals surface area contributed by atoms with Crippen LogP contribution in [0.3, 0.4) is 0 Å². The minimum atomic E-state index is -0.534. The molecule has 0 aliphatic carbocycles. The van der Waals surface area contributed by atoms with Crippen LogP contribution in [-0.2, 0) is 0 Å². The van der Waals surface area contributed by atoms with Crippen molar-refractivity contribution >= 4 is 11.8 Å². The molecule has 0 atom stereocenters. The second kappa shape index (κ2) is 8.25. The summed E-state index contributed by atoms with van der Waals surface area (Å²) in [5.41, 5.74) is 0.877. The van der Waals surface area contributed by atoms with Gasteiger partial charge < -0.3 is 19.0 Å². The summed E-state index contributed by atoms with van der Waals surface area (Å²) in [4.78, 5) is 20.4. The van der Waals surface area contributed by atoms with E-state index in [1.54, 1.807) is 36.3 Å². The second-order valence-electron chi connectivity index (χ2n) is 6.74. The number of benzene rings is 2. The van der Waals surface area contributed by atoms with E-state index in [2.05, 4.69) is 11.1 Å². The summed E-state index contributed by atoms with van der Waals surface area (Å²) in [6.45, 7) is 1.64. The number of hydrogen-bond acceptors (Lipinski definition) is 6. The van der Waals surface area contributed by atoms with Gasteiger partial charge in [-0.05, 0) is 24.3 Å². The molecular weight excluding hydrogens is 387 g/mol. The maximum Gasteiger partial charge on any atom is 0.256 e. The number of nitrogens with zero attached hydrogens (tertiary/aromatic N) is 4. The number of oxazole rings is 1. The third-order valence-electron chi connectivity index (χ3n) is 5.01. The van der Waals surface area contributed by atoms with Crippen LogP contribution in [0.2, 0.25) is 0 Å². The third kappa shape index (κ3) is 3.57. The molecule has 1 fully saturated rings. The Morgan fingerprint density at radius 3 is 2.53 bits per heavy atom. The van der Waals surface area contributed by atoms with Crippen LogP contribution in [0, 0.1) is 17.1 Å². The molecule has 3 aromatic rings. The molecule has 1 aliphatic heterocycles. The Balaban J connectivity index is 1.53. The standard InChI is InChI=1S/C22H19FN4O3/c1-29-19-9-5-3-7-16(19)20-25-18(14-24)22(30-20)27-12-10-26(11-13-27)21(28)15-6-2-4-8-17(15)23/h2-9H,10-13H2,1H3. The maximum atomic E-state index is 13.9. The molecule has 0 N–H and O–H groups in total. The van der Waals surface area contributed by atoms with Crippen molar-refractivity contribution in [1.29, 1.82) is 5.26 Å².